The minimum absolute atomic E-state index is 0.0934. The maximum absolute atomic E-state index is 12.0. The summed E-state index contributed by atoms with van der Waals surface area (Å²) in [7, 11) is 0. The van der Waals surface area contributed by atoms with E-state index in [-0.39, 0.29) is 11.3 Å². The third kappa shape index (κ3) is 1.73. The zero-order valence-electron chi connectivity index (χ0n) is 10.3. The Morgan fingerprint density at radius 1 is 1.31 bits per heavy atom. The molecular weight excluding hydrogens is 198 g/mol. The van der Waals surface area contributed by atoms with Crippen LogP contribution in [0.1, 0.15) is 39.2 Å². The average molecular weight is 217 g/mol. The van der Waals surface area contributed by atoms with Gasteiger partial charge >= 0.3 is 0 Å². The van der Waals surface area contributed by atoms with Crippen molar-refractivity contribution in [2.45, 2.75) is 39.0 Å². The predicted octanol–water partition coefficient (Wildman–Crippen LogP) is 3.11. The number of para-hydroxylation sites is 1. The first kappa shape index (κ1) is 11.2. The molecule has 1 aromatic rings. The quantitative estimate of drug-likeness (QED) is 0.707. The molecule has 0 saturated carbocycles. The van der Waals surface area contributed by atoms with Gasteiger partial charge in [0, 0.05) is 18.7 Å². The summed E-state index contributed by atoms with van der Waals surface area (Å²) in [6.07, 6.45) is 1.58. The molecule has 86 valence electrons. The van der Waals surface area contributed by atoms with Gasteiger partial charge in [-0.05, 0) is 30.4 Å². The fourth-order valence-electron chi connectivity index (χ4n) is 2.45. The number of benzene rings is 1. The Morgan fingerprint density at radius 2 is 2.00 bits per heavy atom. The Labute approximate surface area is 97.3 Å². The van der Waals surface area contributed by atoms with E-state index in [0.717, 1.165) is 18.7 Å². The summed E-state index contributed by atoms with van der Waals surface area (Å²) in [6.45, 7) is 7.23. The highest BCUT2D eigenvalue weighted by molar-refractivity contribution is 5.95. The molecule has 0 atom stereocenters. The molecule has 0 unspecified atom stereocenters. The number of carbonyl (C=O) groups is 1. The molecule has 0 fully saturated rings. The molecule has 1 amide bonds. The summed E-state index contributed by atoms with van der Waals surface area (Å²) in [5.74, 6) is 0.250. The Hall–Kier alpha value is -1.31. The Kier molecular flexibility index (Phi) is 2.75. The number of amides is 1. The van der Waals surface area contributed by atoms with E-state index in [4.69, 9.17) is 0 Å². The lowest BCUT2D eigenvalue weighted by atomic mass is 9.80. The summed E-state index contributed by atoms with van der Waals surface area (Å²) in [5.41, 5.74) is 2.48. The molecule has 0 radical (unpaired) electrons. The minimum Gasteiger partial charge on any atom is -0.312 e. The third-order valence-electron chi connectivity index (χ3n) is 3.51. The van der Waals surface area contributed by atoms with Crippen molar-refractivity contribution in [2.75, 3.05) is 11.4 Å². The minimum atomic E-state index is 0.0934. The first-order chi connectivity index (χ1) is 7.56. The first-order valence-corrected chi connectivity index (χ1v) is 5.96. The summed E-state index contributed by atoms with van der Waals surface area (Å²) in [6, 6.07) is 8.28. The number of carbonyl (C=O) groups excluding carboxylic acids is 1. The Bertz CT molecular complexity index is 409. The van der Waals surface area contributed by atoms with Crippen LogP contribution in [0.5, 0.6) is 0 Å². The molecule has 1 heterocycles. The van der Waals surface area contributed by atoms with E-state index >= 15 is 0 Å². The van der Waals surface area contributed by atoms with Crippen LogP contribution in [0.25, 0.3) is 0 Å². The van der Waals surface area contributed by atoms with E-state index in [1.165, 1.54) is 5.56 Å². The lowest BCUT2D eigenvalue weighted by molar-refractivity contribution is -0.118. The molecule has 0 aliphatic carbocycles. The fourth-order valence-corrected chi connectivity index (χ4v) is 2.45. The second kappa shape index (κ2) is 3.93. The molecular formula is C14H19NO. The number of rotatable bonds is 1. The average Bonchev–Trinajstić information content (AvgIpc) is 2.36. The van der Waals surface area contributed by atoms with Crippen LogP contribution in [0.2, 0.25) is 0 Å². The van der Waals surface area contributed by atoms with Crippen LogP contribution in [0, 0.1) is 0 Å². The van der Waals surface area contributed by atoms with Crippen LogP contribution < -0.4 is 4.90 Å². The lowest BCUT2D eigenvalue weighted by Gasteiger charge is -2.26. The van der Waals surface area contributed by atoms with Crippen molar-refractivity contribution < 1.29 is 4.79 Å². The highest BCUT2D eigenvalue weighted by Gasteiger charge is 2.31. The first-order valence-electron chi connectivity index (χ1n) is 5.96. The van der Waals surface area contributed by atoms with E-state index in [9.17, 15) is 4.79 Å². The monoisotopic (exact) mass is 217 g/mol. The molecule has 0 aromatic heterocycles. The van der Waals surface area contributed by atoms with Gasteiger partial charge in [-0.15, -0.1) is 0 Å². The van der Waals surface area contributed by atoms with Gasteiger partial charge < -0.3 is 4.90 Å². The van der Waals surface area contributed by atoms with Gasteiger partial charge in [0.15, 0.2) is 0 Å². The van der Waals surface area contributed by atoms with E-state index in [1.807, 2.05) is 17.9 Å². The van der Waals surface area contributed by atoms with Gasteiger partial charge in [-0.2, -0.15) is 0 Å². The Balaban J connectivity index is 2.58. The number of nitrogens with zero attached hydrogens (tertiary/aromatic N) is 1. The van der Waals surface area contributed by atoms with E-state index < -0.39 is 0 Å². The zero-order chi connectivity index (χ0) is 11.8. The summed E-state index contributed by atoms with van der Waals surface area (Å²) in [4.78, 5) is 13.9. The summed E-state index contributed by atoms with van der Waals surface area (Å²) in [5, 5.41) is 0. The van der Waals surface area contributed by atoms with Crippen molar-refractivity contribution in [3.05, 3.63) is 29.8 Å². The SMILES string of the molecule is CCN1C(=O)CCC(C)(C)c2ccccc21. The van der Waals surface area contributed by atoms with Gasteiger partial charge in [-0.3, -0.25) is 4.79 Å². The predicted molar refractivity (Wildman–Crippen MR) is 66.7 cm³/mol. The highest BCUT2D eigenvalue weighted by Crippen LogP contribution is 2.38. The molecule has 0 N–H and O–H groups in total. The molecule has 0 saturated heterocycles. The molecule has 1 aliphatic heterocycles. The van der Waals surface area contributed by atoms with Gasteiger partial charge in [0.25, 0.3) is 0 Å². The van der Waals surface area contributed by atoms with Crippen LogP contribution in [0.3, 0.4) is 0 Å². The van der Waals surface area contributed by atoms with Crippen molar-refractivity contribution in [1.29, 1.82) is 0 Å². The van der Waals surface area contributed by atoms with Crippen molar-refractivity contribution in [3.63, 3.8) is 0 Å². The molecule has 0 spiro atoms. The summed E-state index contributed by atoms with van der Waals surface area (Å²) >= 11 is 0. The topological polar surface area (TPSA) is 20.3 Å². The smallest absolute Gasteiger partial charge is 0.227 e. The van der Waals surface area contributed by atoms with Crippen LogP contribution in [0.4, 0.5) is 5.69 Å². The van der Waals surface area contributed by atoms with Crippen LogP contribution in [-0.4, -0.2) is 12.5 Å². The van der Waals surface area contributed by atoms with Crippen molar-refractivity contribution in [1.82, 2.24) is 0 Å². The highest BCUT2D eigenvalue weighted by atomic mass is 16.2. The van der Waals surface area contributed by atoms with Crippen molar-refractivity contribution in [3.8, 4) is 0 Å². The van der Waals surface area contributed by atoms with Crippen molar-refractivity contribution in [2.24, 2.45) is 0 Å². The van der Waals surface area contributed by atoms with Crippen LogP contribution >= 0.6 is 0 Å². The van der Waals surface area contributed by atoms with Crippen LogP contribution in [-0.2, 0) is 10.2 Å². The number of anilines is 1. The van der Waals surface area contributed by atoms with Crippen molar-refractivity contribution >= 4 is 11.6 Å². The molecule has 2 heteroatoms. The normalized spacial score (nSPS) is 19.2. The van der Waals surface area contributed by atoms with E-state index in [1.54, 1.807) is 0 Å². The fraction of sp³-hybridized carbons (Fsp3) is 0.500. The van der Waals surface area contributed by atoms with Gasteiger partial charge in [0.05, 0.1) is 0 Å². The molecule has 1 aromatic carbocycles. The lowest BCUT2D eigenvalue weighted by Crippen LogP contribution is -2.29. The van der Waals surface area contributed by atoms with E-state index in [0.29, 0.717) is 6.42 Å². The maximum Gasteiger partial charge on any atom is 0.227 e. The van der Waals surface area contributed by atoms with Gasteiger partial charge in [-0.1, -0.05) is 32.0 Å². The second-order valence-electron chi connectivity index (χ2n) is 5.04. The largest absolute Gasteiger partial charge is 0.312 e. The number of hydrogen-bond acceptors (Lipinski definition) is 1. The number of fused-ring (bicyclic) bond motifs is 1. The maximum atomic E-state index is 12.0. The van der Waals surface area contributed by atoms with E-state index in [2.05, 4.69) is 32.0 Å². The Morgan fingerprint density at radius 3 is 2.69 bits per heavy atom. The van der Waals surface area contributed by atoms with Gasteiger partial charge in [0.1, 0.15) is 0 Å². The molecule has 1 aliphatic rings. The summed E-state index contributed by atoms with van der Waals surface area (Å²) < 4.78 is 0. The molecule has 16 heavy (non-hydrogen) atoms. The molecule has 2 rings (SSSR count). The number of hydrogen-bond donors (Lipinski definition) is 0. The standard InChI is InChI=1S/C14H19NO/c1-4-15-12-8-6-5-7-11(12)14(2,3)10-9-13(15)16/h5-8H,4,9-10H2,1-3H3. The van der Waals surface area contributed by atoms with Gasteiger partial charge in [-0.25, -0.2) is 0 Å². The third-order valence-corrected chi connectivity index (χ3v) is 3.51. The van der Waals surface area contributed by atoms with Crippen LogP contribution in [0.15, 0.2) is 24.3 Å². The zero-order valence-corrected chi connectivity index (χ0v) is 10.3. The second-order valence-corrected chi connectivity index (χ2v) is 5.04. The molecule has 2 nitrogen and oxygen atoms in total. The molecule has 0 bridgehead atoms. The van der Waals surface area contributed by atoms with Gasteiger partial charge in [0.2, 0.25) is 5.91 Å².